The standard InChI is InChI=1S/C11H14N4O.BF4/c1-7-5-8(2)15-6-13-9(10(16)12-3)11(15)14(7)4;2-1(3,4)5/h5-6H,1-4H3;/q;-1/p+1. The first kappa shape index (κ1) is 16.9. The van der Waals surface area contributed by atoms with E-state index in [0.29, 0.717) is 5.69 Å². The summed E-state index contributed by atoms with van der Waals surface area (Å²) in [5.74, 6) is -0.164. The van der Waals surface area contributed by atoms with Gasteiger partial charge in [-0.2, -0.15) is 4.40 Å². The number of carbonyl (C=O) groups is 1. The Morgan fingerprint density at radius 3 is 2.33 bits per heavy atom. The van der Waals surface area contributed by atoms with Crippen LogP contribution in [0.1, 0.15) is 21.9 Å². The number of aryl methyl sites for hydroxylation is 3. The van der Waals surface area contributed by atoms with Crippen LogP contribution in [0.2, 0.25) is 0 Å². The van der Waals surface area contributed by atoms with Crippen molar-refractivity contribution in [2.75, 3.05) is 7.05 Å². The van der Waals surface area contributed by atoms with Gasteiger partial charge in [0.2, 0.25) is 5.69 Å². The molecule has 116 valence electrons. The van der Waals surface area contributed by atoms with Crippen molar-refractivity contribution in [2.24, 2.45) is 7.05 Å². The zero-order valence-electron chi connectivity index (χ0n) is 12.0. The maximum absolute atomic E-state index is 11.7. The summed E-state index contributed by atoms with van der Waals surface area (Å²) in [6.07, 6.45) is 1.68. The molecule has 0 atom stereocenters. The van der Waals surface area contributed by atoms with Crippen LogP contribution in [-0.2, 0) is 7.05 Å². The molecule has 2 heterocycles. The van der Waals surface area contributed by atoms with Gasteiger partial charge < -0.3 is 22.6 Å². The lowest BCUT2D eigenvalue weighted by molar-refractivity contribution is -0.654. The lowest BCUT2D eigenvalue weighted by Gasteiger charge is -2.02. The Morgan fingerprint density at radius 2 is 1.86 bits per heavy atom. The Labute approximate surface area is 118 Å². The molecule has 0 aromatic carbocycles. The van der Waals surface area contributed by atoms with Gasteiger partial charge in [0, 0.05) is 13.1 Å². The number of amides is 1. The predicted octanol–water partition coefficient (Wildman–Crippen LogP) is 1.44. The Kier molecular flexibility index (Phi) is 4.92. The fourth-order valence-corrected chi connectivity index (χ4v) is 1.83. The van der Waals surface area contributed by atoms with E-state index in [1.165, 1.54) is 0 Å². The number of rotatable bonds is 1. The second-order valence-corrected chi connectivity index (χ2v) is 4.35. The minimum absolute atomic E-state index is 0.164. The van der Waals surface area contributed by atoms with Crippen molar-refractivity contribution in [1.82, 2.24) is 14.7 Å². The summed E-state index contributed by atoms with van der Waals surface area (Å²) in [6.45, 7) is 4.00. The average molecular weight is 306 g/mol. The summed E-state index contributed by atoms with van der Waals surface area (Å²) in [7, 11) is -2.46. The van der Waals surface area contributed by atoms with E-state index in [1.807, 2.05) is 29.9 Å². The van der Waals surface area contributed by atoms with E-state index in [-0.39, 0.29) is 5.91 Å². The topological polar surface area (TPSA) is 50.3 Å². The third-order valence-corrected chi connectivity index (χ3v) is 2.83. The molecule has 0 fully saturated rings. The first-order valence-electron chi connectivity index (χ1n) is 5.99. The molecular weight excluding hydrogens is 291 g/mol. The molecule has 0 aliphatic rings. The largest absolute Gasteiger partial charge is 0.673 e. The minimum Gasteiger partial charge on any atom is -0.418 e. The van der Waals surface area contributed by atoms with Gasteiger partial charge in [-0.3, -0.25) is 4.79 Å². The van der Waals surface area contributed by atoms with E-state index in [4.69, 9.17) is 0 Å². The lowest BCUT2D eigenvalue weighted by Crippen LogP contribution is -2.36. The maximum atomic E-state index is 11.7. The van der Waals surface area contributed by atoms with Gasteiger partial charge in [-0.05, 0) is 13.8 Å². The number of hydrogen-bond acceptors (Lipinski definition) is 2. The highest BCUT2D eigenvalue weighted by atomic mass is 19.5. The van der Waals surface area contributed by atoms with Gasteiger partial charge in [-0.25, -0.2) is 9.55 Å². The Morgan fingerprint density at radius 1 is 1.33 bits per heavy atom. The third kappa shape index (κ3) is 4.17. The quantitative estimate of drug-likeness (QED) is 0.492. The Balaban J connectivity index is 0.000000383. The van der Waals surface area contributed by atoms with Gasteiger partial charge in [0.1, 0.15) is 11.4 Å². The van der Waals surface area contributed by atoms with Crippen LogP contribution < -0.4 is 9.88 Å². The van der Waals surface area contributed by atoms with Crippen molar-refractivity contribution in [2.45, 2.75) is 13.8 Å². The molecule has 10 heteroatoms. The molecule has 0 bridgehead atoms. The molecule has 1 amide bonds. The van der Waals surface area contributed by atoms with Crippen molar-refractivity contribution < 1.29 is 26.6 Å². The van der Waals surface area contributed by atoms with Gasteiger partial charge in [0.05, 0.1) is 7.05 Å². The van der Waals surface area contributed by atoms with Crippen LogP contribution in [0.15, 0.2) is 12.4 Å². The van der Waals surface area contributed by atoms with Crippen molar-refractivity contribution in [3.8, 4) is 0 Å². The number of imidazole rings is 1. The van der Waals surface area contributed by atoms with Crippen molar-refractivity contribution >= 4 is 18.8 Å². The van der Waals surface area contributed by atoms with Crippen LogP contribution in [0.4, 0.5) is 17.3 Å². The molecule has 0 radical (unpaired) electrons. The molecule has 1 N–H and O–H groups in total. The maximum Gasteiger partial charge on any atom is 0.673 e. The average Bonchev–Trinajstić information content (AvgIpc) is 2.78. The second-order valence-electron chi connectivity index (χ2n) is 4.35. The predicted molar refractivity (Wildman–Crippen MR) is 69.4 cm³/mol. The van der Waals surface area contributed by atoms with E-state index in [1.54, 1.807) is 13.4 Å². The van der Waals surface area contributed by atoms with Crippen LogP contribution in [0, 0.1) is 13.8 Å². The Hall–Kier alpha value is -2.13. The zero-order valence-corrected chi connectivity index (χ0v) is 12.0. The van der Waals surface area contributed by atoms with Crippen LogP contribution in [0.25, 0.3) is 5.65 Å². The highest BCUT2D eigenvalue weighted by molar-refractivity contribution is 6.50. The van der Waals surface area contributed by atoms with E-state index >= 15 is 0 Å². The number of halogens is 4. The molecule has 21 heavy (non-hydrogen) atoms. The van der Waals surface area contributed by atoms with Crippen LogP contribution >= 0.6 is 0 Å². The molecule has 0 saturated heterocycles. The number of carbonyl (C=O) groups excluding carboxylic acids is 1. The van der Waals surface area contributed by atoms with Crippen LogP contribution in [0.5, 0.6) is 0 Å². The minimum atomic E-state index is -6.00. The summed E-state index contributed by atoms with van der Waals surface area (Å²) < 4.78 is 42.9. The summed E-state index contributed by atoms with van der Waals surface area (Å²) in [6, 6.07) is 2.06. The van der Waals surface area contributed by atoms with Crippen molar-refractivity contribution in [1.29, 1.82) is 0 Å². The Bertz CT molecular complexity index is 662. The van der Waals surface area contributed by atoms with E-state index < -0.39 is 7.25 Å². The number of hydrogen-bond donors (Lipinski definition) is 1. The smallest absolute Gasteiger partial charge is 0.418 e. The number of fused-ring (bicyclic) bond motifs is 1. The highest BCUT2D eigenvalue weighted by Gasteiger charge is 2.23. The fraction of sp³-hybridized carbons (Fsp3) is 0.364. The SMILES string of the molecule is CNC(=O)c1ncn2c(C)cc(C)[n+](C)c12.F[B-](F)(F)F. The molecule has 0 aliphatic carbocycles. The second kappa shape index (κ2) is 6.11. The normalized spacial score (nSPS) is 11.0. The van der Waals surface area contributed by atoms with Gasteiger partial charge in [-0.1, -0.05) is 0 Å². The van der Waals surface area contributed by atoms with Gasteiger partial charge >= 0.3 is 12.9 Å². The molecule has 0 unspecified atom stereocenters. The molecule has 0 aliphatic heterocycles. The number of aromatic nitrogens is 3. The van der Waals surface area contributed by atoms with Gasteiger partial charge in [0.15, 0.2) is 6.33 Å². The third-order valence-electron chi connectivity index (χ3n) is 2.83. The molecule has 0 saturated carbocycles. The van der Waals surface area contributed by atoms with Gasteiger partial charge in [0.25, 0.3) is 5.91 Å². The molecule has 2 aromatic rings. The zero-order chi connectivity index (χ0) is 16.4. The van der Waals surface area contributed by atoms with E-state index in [2.05, 4.69) is 16.4 Å². The van der Waals surface area contributed by atoms with Crippen molar-refractivity contribution in [3.63, 3.8) is 0 Å². The first-order chi connectivity index (χ1) is 9.56. The summed E-state index contributed by atoms with van der Waals surface area (Å²) in [4.78, 5) is 15.8. The van der Waals surface area contributed by atoms with Crippen molar-refractivity contribution in [3.05, 3.63) is 29.5 Å². The summed E-state index contributed by atoms with van der Waals surface area (Å²) >= 11 is 0. The highest BCUT2D eigenvalue weighted by Crippen LogP contribution is 2.09. The number of nitrogens with zero attached hydrogens (tertiary/aromatic N) is 3. The molecule has 2 aromatic heterocycles. The molecular formula is C11H15BF4N4O. The molecule has 5 nitrogen and oxygen atoms in total. The molecule has 0 spiro atoms. The van der Waals surface area contributed by atoms with Gasteiger partial charge in [-0.15, -0.1) is 0 Å². The van der Waals surface area contributed by atoms with Crippen LogP contribution in [-0.4, -0.2) is 29.6 Å². The van der Waals surface area contributed by atoms with Crippen LogP contribution in [0.3, 0.4) is 0 Å². The monoisotopic (exact) mass is 306 g/mol. The first-order valence-corrected chi connectivity index (χ1v) is 5.99. The summed E-state index contributed by atoms with van der Waals surface area (Å²) in [5, 5.41) is 2.60. The van der Waals surface area contributed by atoms with E-state index in [0.717, 1.165) is 17.0 Å². The lowest BCUT2D eigenvalue weighted by atomic mass is 10.3. The molecule has 2 rings (SSSR count). The fourth-order valence-electron chi connectivity index (χ4n) is 1.83. The summed E-state index contributed by atoms with van der Waals surface area (Å²) in [5.41, 5.74) is 3.43. The number of nitrogens with one attached hydrogen (secondary N) is 1. The van der Waals surface area contributed by atoms with E-state index in [9.17, 15) is 22.1 Å².